The van der Waals surface area contributed by atoms with Crippen LogP contribution in [0.3, 0.4) is 0 Å². The number of aryl methyl sites for hydroxylation is 1. The summed E-state index contributed by atoms with van der Waals surface area (Å²) in [5.74, 6) is 0. The molecule has 2 nitrogen and oxygen atoms in total. The summed E-state index contributed by atoms with van der Waals surface area (Å²) in [5.41, 5.74) is 7.68. The molecule has 15 heavy (non-hydrogen) atoms. The Balaban J connectivity index is 2.28. The van der Waals surface area contributed by atoms with Crippen molar-refractivity contribution in [1.29, 1.82) is 0 Å². The van der Waals surface area contributed by atoms with Gasteiger partial charge in [0.1, 0.15) is 0 Å². The fraction of sp³-hybridized carbons (Fsp3) is 0.615. The maximum Gasteiger partial charge on any atom is 0.0270 e. The van der Waals surface area contributed by atoms with Gasteiger partial charge in [0, 0.05) is 18.4 Å². The molecule has 84 valence electrons. The van der Waals surface area contributed by atoms with Gasteiger partial charge in [-0.2, -0.15) is 0 Å². The highest BCUT2D eigenvalue weighted by Gasteiger charge is 2.19. The maximum atomic E-state index is 6.10. The number of rotatable bonds is 4. The van der Waals surface area contributed by atoms with Gasteiger partial charge in [0.2, 0.25) is 0 Å². The number of aromatic nitrogens is 1. The summed E-state index contributed by atoms with van der Waals surface area (Å²) in [5, 5.41) is 0. The van der Waals surface area contributed by atoms with Crippen LogP contribution >= 0.6 is 0 Å². The molecule has 0 spiro atoms. The van der Waals surface area contributed by atoms with Crippen LogP contribution in [0.5, 0.6) is 0 Å². The molecule has 0 radical (unpaired) electrons. The van der Waals surface area contributed by atoms with Crippen LogP contribution in [0.15, 0.2) is 24.5 Å². The Morgan fingerprint density at radius 2 is 1.87 bits per heavy atom. The van der Waals surface area contributed by atoms with E-state index in [2.05, 4.69) is 37.9 Å². The Labute approximate surface area is 92.9 Å². The monoisotopic (exact) mass is 206 g/mol. The van der Waals surface area contributed by atoms with Gasteiger partial charge in [-0.3, -0.25) is 4.98 Å². The molecule has 1 aromatic rings. The van der Waals surface area contributed by atoms with E-state index in [1.807, 2.05) is 12.4 Å². The Morgan fingerprint density at radius 3 is 2.40 bits per heavy atom. The van der Waals surface area contributed by atoms with Gasteiger partial charge in [0.05, 0.1) is 0 Å². The van der Waals surface area contributed by atoms with Crippen molar-refractivity contribution < 1.29 is 0 Å². The number of pyridine rings is 1. The van der Waals surface area contributed by atoms with Crippen LogP contribution in [0.2, 0.25) is 0 Å². The fourth-order valence-electron chi connectivity index (χ4n) is 1.51. The Kier molecular flexibility index (Phi) is 4.28. The highest BCUT2D eigenvalue weighted by Crippen LogP contribution is 2.21. The summed E-state index contributed by atoms with van der Waals surface area (Å²) >= 11 is 0. The van der Waals surface area contributed by atoms with Crippen LogP contribution in [0.4, 0.5) is 0 Å². The van der Waals surface area contributed by atoms with Crippen molar-refractivity contribution >= 4 is 0 Å². The first-order chi connectivity index (χ1) is 7.00. The molecule has 1 heterocycles. The average molecular weight is 206 g/mol. The molecule has 0 aliphatic rings. The van der Waals surface area contributed by atoms with Gasteiger partial charge in [-0.15, -0.1) is 0 Å². The van der Waals surface area contributed by atoms with E-state index < -0.39 is 0 Å². The molecule has 0 aromatic carbocycles. The minimum atomic E-state index is 0.220. The van der Waals surface area contributed by atoms with Crippen molar-refractivity contribution in [3.05, 3.63) is 30.1 Å². The SMILES string of the molecule is CC(C)(C)C(N)CCCc1ccncc1. The van der Waals surface area contributed by atoms with Crippen LogP contribution < -0.4 is 5.73 Å². The van der Waals surface area contributed by atoms with Crippen LogP contribution in [0, 0.1) is 5.41 Å². The van der Waals surface area contributed by atoms with Crippen LogP contribution in [0.25, 0.3) is 0 Å². The van der Waals surface area contributed by atoms with Crippen molar-refractivity contribution in [2.45, 2.75) is 46.1 Å². The average Bonchev–Trinajstić information content (AvgIpc) is 2.18. The molecule has 0 saturated heterocycles. The Hall–Kier alpha value is -0.890. The first kappa shape index (κ1) is 12.2. The molecule has 1 atom stereocenters. The van der Waals surface area contributed by atoms with Crippen LogP contribution in [-0.2, 0) is 6.42 Å². The first-order valence-electron chi connectivity index (χ1n) is 5.64. The summed E-state index contributed by atoms with van der Waals surface area (Å²) in [4.78, 5) is 4.00. The van der Waals surface area contributed by atoms with E-state index >= 15 is 0 Å². The van der Waals surface area contributed by atoms with Gasteiger partial charge < -0.3 is 5.73 Å². The Morgan fingerprint density at radius 1 is 1.27 bits per heavy atom. The second kappa shape index (κ2) is 5.26. The minimum absolute atomic E-state index is 0.220. The molecule has 2 N–H and O–H groups in total. The molecule has 2 heteroatoms. The third kappa shape index (κ3) is 4.43. The summed E-state index contributed by atoms with van der Waals surface area (Å²) in [6.07, 6.45) is 7.04. The zero-order valence-electron chi connectivity index (χ0n) is 10.0. The van der Waals surface area contributed by atoms with E-state index in [0.29, 0.717) is 6.04 Å². The molecular formula is C13H22N2. The summed E-state index contributed by atoms with van der Waals surface area (Å²) in [6, 6.07) is 4.44. The van der Waals surface area contributed by atoms with Gasteiger partial charge in [-0.25, -0.2) is 0 Å². The molecule has 0 bridgehead atoms. The maximum absolute atomic E-state index is 6.10. The quantitative estimate of drug-likeness (QED) is 0.822. The number of nitrogens with zero attached hydrogens (tertiary/aromatic N) is 1. The first-order valence-corrected chi connectivity index (χ1v) is 5.64. The standard InChI is InChI=1S/C13H22N2/c1-13(2,3)12(14)6-4-5-11-7-9-15-10-8-11/h7-10,12H,4-6,14H2,1-3H3. The third-order valence-electron chi connectivity index (χ3n) is 2.84. The topological polar surface area (TPSA) is 38.9 Å². The Bertz CT molecular complexity index is 274. The lowest BCUT2D eigenvalue weighted by atomic mass is 9.84. The van der Waals surface area contributed by atoms with E-state index in [9.17, 15) is 0 Å². The summed E-state index contributed by atoms with van der Waals surface area (Å²) in [6.45, 7) is 6.60. The van der Waals surface area contributed by atoms with E-state index in [4.69, 9.17) is 5.73 Å². The van der Waals surface area contributed by atoms with Gasteiger partial charge in [-0.05, 0) is 42.4 Å². The predicted molar refractivity (Wildman–Crippen MR) is 64.6 cm³/mol. The largest absolute Gasteiger partial charge is 0.327 e. The van der Waals surface area contributed by atoms with Gasteiger partial charge in [-0.1, -0.05) is 20.8 Å². The van der Waals surface area contributed by atoms with Crippen molar-refractivity contribution in [2.75, 3.05) is 0 Å². The van der Waals surface area contributed by atoms with Crippen molar-refractivity contribution in [3.63, 3.8) is 0 Å². The smallest absolute Gasteiger partial charge is 0.0270 e. The van der Waals surface area contributed by atoms with Crippen LogP contribution in [-0.4, -0.2) is 11.0 Å². The summed E-state index contributed by atoms with van der Waals surface area (Å²) in [7, 11) is 0. The lowest BCUT2D eigenvalue weighted by Gasteiger charge is -2.26. The lowest BCUT2D eigenvalue weighted by molar-refractivity contribution is 0.301. The lowest BCUT2D eigenvalue weighted by Crippen LogP contribution is -2.34. The predicted octanol–water partition coefficient (Wildman–Crippen LogP) is 2.78. The molecule has 1 aromatic heterocycles. The normalized spacial score (nSPS) is 13.9. The molecule has 0 aliphatic heterocycles. The molecule has 0 fully saturated rings. The third-order valence-corrected chi connectivity index (χ3v) is 2.84. The van der Waals surface area contributed by atoms with Crippen LogP contribution in [0.1, 0.15) is 39.2 Å². The number of hydrogen-bond acceptors (Lipinski definition) is 2. The second-order valence-electron chi connectivity index (χ2n) is 5.22. The molecular weight excluding hydrogens is 184 g/mol. The molecule has 1 rings (SSSR count). The summed E-state index contributed by atoms with van der Waals surface area (Å²) < 4.78 is 0. The highest BCUT2D eigenvalue weighted by atomic mass is 14.7. The van der Waals surface area contributed by atoms with E-state index in [1.54, 1.807) is 0 Å². The number of hydrogen-bond donors (Lipinski definition) is 1. The van der Waals surface area contributed by atoms with Gasteiger partial charge in [0.15, 0.2) is 0 Å². The fourth-order valence-corrected chi connectivity index (χ4v) is 1.51. The zero-order chi connectivity index (χ0) is 11.3. The molecule has 0 saturated carbocycles. The minimum Gasteiger partial charge on any atom is -0.327 e. The molecule has 1 unspecified atom stereocenters. The van der Waals surface area contributed by atoms with E-state index in [0.717, 1.165) is 19.3 Å². The number of nitrogens with two attached hydrogens (primary N) is 1. The second-order valence-corrected chi connectivity index (χ2v) is 5.22. The molecule has 0 amide bonds. The van der Waals surface area contributed by atoms with Gasteiger partial charge in [0.25, 0.3) is 0 Å². The highest BCUT2D eigenvalue weighted by molar-refractivity contribution is 5.09. The van der Waals surface area contributed by atoms with E-state index in [-0.39, 0.29) is 5.41 Å². The molecule has 0 aliphatic carbocycles. The van der Waals surface area contributed by atoms with Crippen molar-refractivity contribution in [3.8, 4) is 0 Å². The van der Waals surface area contributed by atoms with Crippen molar-refractivity contribution in [2.24, 2.45) is 11.1 Å². The van der Waals surface area contributed by atoms with E-state index in [1.165, 1.54) is 5.56 Å². The van der Waals surface area contributed by atoms with Crippen molar-refractivity contribution in [1.82, 2.24) is 4.98 Å². The van der Waals surface area contributed by atoms with Gasteiger partial charge >= 0.3 is 0 Å². The zero-order valence-corrected chi connectivity index (χ0v) is 10.0.